The molecule has 3 rings (SSSR count). The Labute approximate surface area is 135 Å². The Morgan fingerprint density at radius 2 is 2.09 bits per heavy atom. The van der Waals surface area contributed by atoms with Crippen LogP contribution in [0.1, 0.15) is 26.7 Å². The van der Waals surface area contributed by atoms with Crippen LogP contribution in [0.5, 0.6) is 0 Å². The molecule has 8 heteroatoms. The van der Waals surface area contributed by atoms with Crippen molar-refractivity contribution in [3.05, 3.63) is 52.8 Å². The summed E-state index contributed by atoms with van der Waals surface area (Å²) in [7, 11) is 1.26. The van der Waals surface area contributed by atoms with Gasteiger partial charge in [-0.1, -0.05) is 0 Å². The van der Waals surface area contributed by atoms with Gasteiger partial charge in [0.25, 0.3) is 11.3 Å². The Bertz CT molecular complexity index is 883. The van der Waals surface area contributed by atoms with Crippen LogP contribution in [0.25, 0.3) is 11.1 Å². The van der Waals surface area contributed by atoms with E-state index in [-0.39, 0.29) is 23.6 Å². The van der Waals surface area contributed by atoms with Crippen LogP contribution in [0, 0.1) is 0 Å². The summed E-state index contributed by atoms with van der Waals surface area (Å²) >= 11 is 5.67. The standard InChI is InChI=1S/C15H11ClN2O5/c1-21-14(20)12-5-3-9(22-12)7-17-13(19)8-2-4-11-10(6-8)18-15(16)23-11/h2-6H,7H2,1H3,(H,17,19). The molecule has 0 unspecified atom stereocenters. The highest BCUT2D eigenvalue weighted by atomic mass is 35.5. The first kappa shape index (κ1) is 15.1. The van der Waals surface area contributed by atoms with Crippen LogP contribution in [-0.2, 0) is 11.3 Å². The minimum Gasteiger partial charge on any atom is -0.463 e. The smallest absolute Gasteiger partial charge is 0.373 e. The van der Waals surface area contributed by atoms with Gasteiger partial charge in [-0.15, -0.1) is 0 Å². The lowest BCUT2D eigenvalue weighted by Crippen LogP contribution is -2.22. The number of carbonyl (C=O) groups excluding carboxylic acids is 2. The van der Waals surface area contributed by atoms with Gasteiger partial charge in [-0.3, -0.25) is 4.79 Å². The molecule has 0 radical (unpaired) electrons. The molecule has 0 spiro atoms. The van der Waals surface area contributed by atoms with E-state index in [2.05, 4.69) is 15.0 Å². The molecule has 3 aromatic rings. The van der Waals surface area contributed by atoms with Crippen molar-refractivity contribution >= 4 is 34.6 Å². The molecule has 0 aliphatic heterocycles. The number of oxazole rings is 1. The largest absolute Gasteiger partial charge is 0.463 e. The van der Waals surface area contributed by atoms with Crippen molar-refractivity contribution in [2.75, 3.05) is 7.11 Å². The molecule has 118 valence electrons. The highest BCUT2D eigenvalue weighted by Gasteiger charge is 2.13. The van der Waals surface area contributed by atoms with E-state index in [1.807, 2.05) is 0 Å². The number of benzene rings is 1. The second-order valence-electron chi connectivity index (χ2n) is 4.59. The molecule has 1 amide bonds. The summed E-state index contributed by atoms with van der Waals surface area (Å²) in [6, 6.07) is 7.86. The summed E-state index contributed by atoms with van der Waals surface area (Å²) in [5.74, 6) is -0.377. The highest BCUT2D eigenvalue weighted by Crippen LogP contribution is 2.20. The molecule has 7 nitrogen and oxygen atoms in total. The molecule has 0 bridgehead atoms. The minimum absolute atomic E-state index is 0.0171. The lowest BCUT2D eigenvalue weighted by atomic mass is 10.2. The van der Waals surface area contributed by atoms with Gasteiger partial charge in [0.1, 0.15) is 11.3 Å². The molecule has 2 aromatic heterocycles. The van der Waals surface area contributed by atoms with E-state index < -0.39 is 5.97 Å². The number of furan rings is 1. The van der Waals surface area contributed by atoms with E-state index in [4.69, 9.17) is 20.4 Å². The van der Waals surface area contributed by atoms with Crippen molar-refractivity contribution in [1.29, 1.82) is 0 Å². The number of nitrogens with zero attached hydrogens (tertiary/aromatic N) is 1. The van der Waals surface area contributed by atoms with Crippen molar-refractivity contribution in [1.82, 2.24) is 10.3 Å². The number of rotatable bonds is 4. The molecule has 1 aromatic carbocycles. The van der Waals surface area contributed by atoms with E-state index in [0.29, 0.717) is 22.4 Å². The number of hydrogen-bond acceptors (Lipinski definition) is 6. The van der Waals surface area contributed by atoms with E-state index in [1.54, 1.807) is 24.3 Å². The predicted molar refractivity (Wildman–Crippen MR) is 80.2 cm³/mol. The fourth-order valence-electron chi connectivity index (χ4n) is 1.99. The molecule has 0 saturated heterocycles. The monoisotopic (exact) mass is 334 g/mol. The summed E-state index contributed by atoms with van der Waals surface area (Å²) in [6.07, 6.45) is 0. The van der Waals surface area contributed by atoms with Crippen LogP contribution in [0.2, 0.25) is 5.35 Å². The summed E-state index contributed by atoms with van der Waals surface area (Å²) < 4.78 is 14.9. The molecule has 0 fully saturated rings. The molecule has 23 heavy (non-hydrogen) atoms. The Balaban J connectivity index is 1.68. The fourth-order valence-corrected chi connectivity index (χ4v) is 2.17. The number of fused-ring (bicyclic) bond motifs is 1. The van der Waals surface area contributed by atoms with Crippen LogP contribution in [0.4, 0.5) is 0 Å². The number of esters is 1. The summed E-state index contributed by atoms with van der Waals surface area (Å²) in [6.45, 7) is 0.132. The Kier molecular flexibility index (Phi) is 4.03. The van der Waals surface area contributed by atoms with Crippen LogP contribution >= 0.6 is 11.6 Å². The molecule has 0 aliphatic rings. The van der Waals surface area contributed by atoms with Crippen molar-refractivity contribution in [2.24, 2.45) is 0 Å². The third kappa shape index (κ3) is 3.19. The van der Waals surface area contributed by atoms with E-state index in [0.717, 1.165) is 0 Å². The van der Waals surface area contributed by atoms with E-state index >= 15 is 0 Å². The maximum atomic E-state index is 12.1. The fraction of sp³-hybridized carbons (Fsp3) is 0.133. The average molecular weight is 335 g/mol. The van der Waals surface area contributed by atoms with Gasteiger partial charge < -0.3 is 18.9 Å². The van der Waals surface area contributed by atoms with Crippen LogP contribution in [0.15, 0.2) is 39.2 Å². The quantitative estimate of drug-likeness (QED) is 0.737. The number of methoxy groups -OCH3 is 1. The van der Waals surface area contributed by atoms with Crippen LogP contribution in [0.3, 0.4) is 0 Å². The lowest BCUT2D eigenvalue weighted by molar-refractivity contribution is 0.0563. The van der Waals surface area contributed by atoms with Crippen molar-refractivity contribution in [3.8, 4) is 0 Å². The maximum absolute atomic E-state index is 12.1. The lowest BCUT2D eigenvalue weighted by Gasteiger charge is -2.03. The van der Waals surface area contributed by atoms with E-state index in [1.165, 1.54) is 13.2 Å². The molecule has 0 atom stereocenters. The number of carbonyl (C=O) groups is 2. The van der Waals surface area contributed by atoms with Crippen LogP contribution < -0.4 is 5.32 Å². The molecule has 2 heterocycles. The van der Waals surface area contributed by atoms with Gasteiger partial charge in [0.2, 0.25) is 5.76 Å². The van der Waals surface area contributed by atoms with Gasteiger partial charge in [0.15, 0.2) is 5.58 Å². The number of nitrogens with one attached hydrogen (secondary N) is 1. The van der Waals surface area contributed by atoms with Gasteiger partial charge in [-0.25, -0.2) is 4.79 Å². The molecule has 1 N–H and O–H groups in total. The van der Waals surface area contributed by atoms with Crippen molar-refractivity contribution in [3.63, 3.8) is 0 Å². The number of aromatic nitrogens is 1. The zero-order valence-corrected chi connectivity index (χ0v) is 12.7. The SMILES string of the molecule is COC(=O)c1ccc(CNC(=O)c2ccc3oc(Cl)nc3c2)o1. The number of ether oxygens (including phenoxy) is 1. The number of hydrogen-bond donors (Lipinski definition) is 1. The van der Waals surface area contributed by atoms with Gasteiger partial charge >= 0.3 is 5.97 Å². The zero-order valence-electron chi connectivity index (χ0n) is 12.0. The zero-order chi connectivity index (χ0) is 16.4. The Morgan fingerprint density at radius 3 is 2.87 bits per heavy atom. The predicted octanol–water partition coefficient (Wildman–Crippen LogP) is 2.79. The summed E-state index contributed by atoms with van der Waals surface area (Å²) in [4.78, 5) is 27.4. The van der Waals surface area contributed by atoms with Crippen LogP contribution in [-0.4, -0.2) is 24.0 Å². The molecular formula is C15H11ClN2O5. The number of amides is 1. The van der Waals surface area contributed by atoms with Crippen molar-refractivity contribution in [2.45, 2.75) is 6.54 Å². The van der Waals surface area contributed by atoms with Gasteiger partial charge in [-0.05, 0) is 41.9 Å². The third-order valence-corrected chi connectivity index (χ3v) is 3.26. The first-order valence-corrected chi connectivity index (χ1v) is 6.96. The molecular weight excluding hydrogens is 324 g/mol. The van der Waals surface area contributed by atoms with E-state index in [9.17, 15) is 9.59 Å². The van der Waals surface area contributed by atoms with Crippen molar-refractivity contribution < 1.29 is 23.2 Å². The Hall–Kier alpha value is -2.80. The normalized spacial score (nSPS) is 10.7. The second-order valence-corrected chi connectivity index (χ2v) is 4.91. The average Bonchev–Trinajstić information content (AvgIpc) is 3.16. The van der Waals surface area contributed by atoms with Gasteiger partial charge in [0, 0.05) is 5.56 Å². The molecule has 0 aliphatic carbocycles. The van der Waals surface area contributed by atoms with Gasteiger partial charge in [-0.2, -0.15) is 4.98 Å². The first-order chi connectivity index (χ1) is 11.1. The third-order valence-electron chi connectivity index (χ3n) is 3.10. The minimum atomic E-state index is -0.573. The second kappa shape index (κ2) is 6.13. The summed E-state index contributed by atoms with van der Waals surface area (Å²) in [5, 5.41) is 2.70. The maximum Gasteiger partial charge on any atom is 0.373 e. The first-order valence-electron chi connectivity index (χ1n) is 6.58. The molecule has 0 saturated carbocycles. The number of halogens is 1. The topological polar surface area (TPSA) is 94.6 Å². The summed E-state index contributed by atoms with van der Waals surface area (Å²) in [5.41, 5.74) is 1.40. The van der Waals surface area contributed by atoms with Gasteiger partial charge in [0.05, 0.1) is 13.7 Å². The highest BCUT2D eigenvalue weighted by molar-refractivity contribution is 6.28. The Morgan fingerprint density at radius 1 is 1.26 bits per heavy atom.